The first-order chi connectivity index (χ1) is 20.1. The standard InChI is InChI=1S/C28H28Br2FN5O6/c1-41-26-24(35-12-20(33-34-35)15-7-17(30)9-18(31)8-15)25(39)23(13-37)42-27(26)28(40)36(21-3-2-4-22(21)38)19-6-14(11-32)5-16(29)10-19/h5-10,12,21-27,37-39H,2-4,13H2,1H3/t21-,22-,23?,24?,25?,26?,27?/m0/s1. The molecule has 1 saturated carbocycles. The molecule has 222 valence electrons. The van der Waals surface area contributed by atoms with Crippen LogP contribution in [0.3, 0.4) is 0 Å². The number of aliphatic hydroxyl groups is 3. The molecule has 3 aromatic rings. The number of amides is 1. The number of hydrogen-bond acceptors (Lipinski definition) is 9. The molecule has 2 fully saturated rings. The van der Waals surface area contributed by atoms with Gasteiger partial charge in [0.1, 0.15) is 35.9 Å². The summed E-state index contributed by atoms with van der Waals surface area (Å²) in [4.78, 5) is 15.8. The summed E-state index contributed by atoms with van der Waals surface area (Å²) in [6.07, 6.45) is -2.66. The minimum atomic E-state index is -1.36. The number of methoxy groups -OCH3 is 1. The van der Waals surface area contributed by atoms with Crippen molar-refractivity contribution in [2.75, 3.05) is 18.6 Å². The van der Waals surface area contributed by atoms with Crippen molar-refractivity contribution in [3.8, 4) is 17.3 Å². The Morgan fingerprint density at radius 2 is 1.98 bits per heavy atom. The van der Waals surface area contributed by atoms with Gasteiger partial charge in [-0.15, -0.1) is 5.10 Å². The lowest BCUT2D eigenvalue weighted by molar-refractivity contribution is -0.211. The molecule has 1 aromatic heterocycles. The molecule has 0 bridgehead atoms. The van der Waals surface area contributed by atoms with Gasteiger partial charge >= 0.3 is 0 Å². The zero-order valence-electron chi connectivity index (χ0n) is 22.3. The fourth-order valence-corrected chi connectivity index (χ4v) is 6.68. The van der Waals surface area contributed by atoms with Crippen LogP contribution in [-0.4, -0.2) is 86.5 Å². The molecule has 5 unspecified atom stereocenters. The fraction of sp³-hybridized carbons (Fsp3) is 0.429. The lowest BCUT2D eigenvalue weighted by Gasteiger charge is -2.45. The minimum absolute atomic E-state index is 0.304. The molecule has 3 N–H and O–H groups in total. The third kappa shape index (κ3) is 6.00. The Balaban J connectivity index is 1.55. The Hall–Kier alpha value is -2.77. The highest BCUT2D eigenvalue weighted by Crippen LogP contribution is 2.37. The van der Waals surface area contributed by atoms with E-state index >= 15 is 0 Å². The van der Waals surface area contributed by atoms with Crippen LogP contribution < -0.4 is 4.90 Å². The molecule has 5 rings (SSSR count). The van der Waals surface area contributed by atoms with E-state index in [1.165, 1.54) is 35.0 Å². The Morgan fingerprint density at radius 1 is 1.21 bits per heavy atom. The van der Waals surface area contributed by atoms with Crippen LogP contribution in [0.4, 0.5) is 10.1 Å². The average Bonchev–Trinajstić information content (AvgIpc) is 3.61. The van der Waals surface area contributed by atoms with E-state index in [-0.39, 0.29) is 0 Å². The second-order valence-corrected chi connectivity index (χ2v) is 12.1. The molecule has 42 heavy (non-hydrogen) atoms. The largest absolute Gasteiger partial charge is 0.394 e. The summed E-state index contributed by atoms with van der Waals surface area (Å²) in [5.41, 5.74) is 1.41. The molecule has 14 heteroatoms. The predicted molar refractivity (Wildman–Crippen MR) is 155 cm³/mol. The second kappa shape index (κ2) is 12.8. The summed E-state index contributed by atoms with van der Waals surface area (Å²) in [6, 6.07) is 9.51. The van der Waals surface area contributed by atoms with Crippen LogP contribution in [0, 0.1) is 17.1 Å². The topological polar surface area (TPSA) is 154 Å². The van der Waals surface area contributed by atoms with Crippen LogP contribution in [0.1, 0.15) is 30.9 Å². The van der Waals surface area contributed by atoms with Crippen molar-refractivity contribution in [1.29, 1.82) is 5.26 Å². The summed E-state index contributed by atoms with van der Waals surface area (Å²) in [6.45, 7) is -0.613. The highest BCUT2D eigenvalue weighted by atomic mass is 79.9. The lowest BCUT2D eigenvalue weighted by Crippen LogP contribution is -2.62. The van der Waals surface area contributed by atoms with Gasteiger partial charge in [0.15, 0.2) is 6.10 Å². The number of hydrogen-bond donors (Lipinski definition) is 3. The molecule has 1 saturated heterocycles. The SMILES string of the molecule is COC1C(C(=O)N(c2cc(Br)cc(C#N)c2)[C@H]2CCC[C@@H]2O)OC(CO)C(O)C1n1cc(-c2cc(F)cc(Br)c2)nn1. The summed E-state index contributed by atoms with van der Waals surface area (Å²) in [5, 5.41) is 50.0. The Kier molecular flexibility index (Phi) is 9.38. The Morgan fingerprint density at radius 3 is 2.62 bits per heavy atom. The van der Waals surface area contributed by atoms with E-state index in [2.05, 4.69) is 48.2 Å². The van der Waals surface area contributed by atoms with Crippen LogP contribution in [0.25, 0.3) is 11.3 Å². The first kappa shape index (κ1) is 30.7. The summed E-state index contributed by atoms with van der Waals surface area (Å²) in [5.74, 6) is -1.07. The smallest absolute Gasteiger partial charge is 0.259 e. The van der Waals surface area contributed by atoms with E-state index in [1.807, 2.05) is 0 Å². The number of carbonyl (C=O) groups excluding carboxylic acids is 1. The van der Waals surface area contributed by atoms with Gasteiger partial charge in [-0.2, -0.15) is 5.26 Å². The maximum Gasteiger partial charge on any atom is 0.259 e. The predicted octanol–water partition coefficient (Wildman–Crippen LogP) is 3.10. The summed E-state index contributed by atoms with van der Waals surface area (Å²) < 4.78 is 28.2. The maximum absolute atomic E-state index is 14.4. The maximum atomic E-state index is 14.4. The molecule has 11 nitrogen and oxygen atoms in total. The number of benzene rings is 2. The third-order valence-electron chi connectivity index (χ3n) is 7.66. The van der Waals surface area contributed by atoms with Crippen molar-refractivity contribution >= 4 is 43.5 Å². The molecule has 1 amide bonds. The van der Waals surface area contributed by atoms with Gasteiger partial charge in [0, 0.05) is 27.3 Å². The molecule has 2 aromatic carbocycles. The summed E-state index contributed by atoms with van der Waals surface area (Å²) in [7, 11) is 1.36. The van der Waals surface area contributed by atoms with E-state index in [4.69, 9.17) is 9.47 Å². The zero-order chi connectivity index (χ0) is 30.1. The quantitative estimate of drug-likeness (QED) is 0.336. The van der Waals surface area contributed by atoms with E-state index in [0.717, 1.165) is 0 Å². The van der Waals surface area contributed by atoms with Crippen LogP contribution in [0.5, 0.6) is 0 Å². The van der Waals surface area contributed by atoms with Gasteiger partial charge in [-0.25, -0.2) is 9.07 Å². The summed E-state index contributed by atoms with van der Waals surface area (Å²) >= 11 is 6.66. The number of carbonyl (C=O) groups is 1. The minimum Gasteiger partial charge on any atom is -0.394 e. The number of anilines is 1. The van der Waals surface area contributed by atoms with E-state index in [1.54, 1.807) is 24.3 Å². The van der Waals surface area contributed by atoms with Crippen molar-refractivity contribution < 1.29 is 34.0 Å². The van der Waals surface area contributed by atoms with Gasteiger partial charge in [0.2, 0.25) is 0 Å². The van der Waals surface area contributed by atoms with Gasteiger partial charge < -0.3 is 29.7 Å². The van der Waals surface area contributed by atoms with Crippen molar-refractivity contribution in [3.63, 3.8) is 0 Å². The first-order valence-corrected chi connectivity index (χ1v) is 14.8. The molecule has 7 atom stereocenters. The molecular weight excluding hydrogens is 681 g/mol. The number of aromatic nitrogens is 3. The number of rotatable bonds is 7. The normalized spacial score (nSPS) is 27.5. The first-order valence-electron chi connectivity index (χ1n) is 13.2. The number of aliphatic hydroxyl groups excluding tert-OH is 3. The molecule has 2 heterocycles. The number of nitrogens with zero attached hydrogens (tertiary/aromatic N) is 5. The Bertz CT molecular complexity index is 1480. The second-order valence-electron chi connectivity index (χ2n) is 10.3. The van der Waals surface area contributed by atoms with Crippen LogP contribution >= 0.6 is 31.9 Å². The highest BCUT2D eigenvalue weighted by Gasteiger charge is 2.52. The van der Waals surface area contributed by atoms with Crippen LogP contribution in [-0.2, 0) is 14.3 Å². The molecule has 1 aliphatic heterocycles. The van der Waals surface area contributed by atoms with Gasteiger partial charge in [-0.1, -0.05) is 37.1 Å². The van der Waals surface area contributed by atoms with E-state index in [0.29, 0.717) is 50.7 Å². The third-order valence-corrected chi connectivity index (χ3v) is 8.58. The number of nitriles is 1. The van der Waals surface area contributed by atoms with E-state index < -0.39 is 60.9 Å². The highest BCUT2D eigenvalue weighted by molar-refractivity contribution is 9.10. The van der Waals surface area contributed by atoms with Crippen molar-refractivity contribution in [3.05, 3.63) is 62.9 Å². The van der Waals surface area contributed by atoms with Gasteiger partial charge in [0.05, 0.1) is 36.6 Å². The van der Waals surface area contributed by atoms with Gasteiger partial charge in [0.25, 0.3) is 5.91 Å². The molecule has 2 aliphatic rings. The van der Waals surface area contributed by atoms with Gasteiger partial charge in [-0.05, 0) is 55.7 Å². The fourth-order valence-electron chi connectivity index (χ4n) is 5.73. The number of ether oxygens (including phenoxy) is 2. The van der Waals surface area contributed by atoms with E-state index in [9.17, 15) is 29.8 Å². The molecule has 1 aliphatic carbocycles. The lowest BCUT2D eigenvalue weighted by atomic mass is 9.91. The van der Waals surface area contributed by atoms with Crippen LogP contribution in [0.2, 0.25) is 0 Å². The molecular formula is C28H28Br2FN5O6. The average molecular weight is 709 g/mol. The molecule has 0 spiro atoms. The molecule has 0 radical (unpaired) electrons. The van der Waals surface area contributed by atoms with Crippen LogP contribution in [0.15, 0.2) is 51.5 Å². The van der Waals surface area contributed by atoms with Gasteiger partial charge in [-0.3, -0.25) is 4.79 Å². The zero-order valence-corrected chi connectivity index (χ0v) is 25.5. The van der Waals surface area contributed by atoms with Crippen molar-refractivity contribution in [2.45, 2.75) is 61.9 Å². The monoisotopic (exact) mass is 707 g/mol. The van der Waals surface area contributed by atoms with Crippen molar-refractivity contribution in [2.24, 2.45) is 0 Å². The van der Waals surface area contributed by atoms with Crippen molar-refractivity contribution in [1.82, 2.24) is 15.0 Å². The number of halogens is 3. The Labute approximate surface area is 257 Å².